The van der Waals surface area contributed by atoms with Crippen molar-refractivity contribution in [2.45, 2.75) is 84.0 Å². The lowest BCUT2D eigenvalue weighted by molar-refractivity contribution is -0.121. The molecule has 26 heavy (non-hydrogen) atoms. The molecule has 0 aliphatic heterocycles. The SMILES string of the molecule is CCCCCCCCCCCCCC(=O)N/N=C/c1ccc(O)cc1O. The molecule has 0 aliphatic carbocycles. The van der Waals surface area contributed by atoms with E-state index >= 15 is 0 Å². The first-order valence-corrected chi connectivity index (χ1v) is 9.97. The van der Waals surface area contributed by atoms with Crippen molar-refractivity contribution in [2.75, 3.05) is 0 Å². The minimum absolute atomic E-state index is 0.0137. The van der Waals surface area contributed by atoms with Gasteiger partial charge in [-0.1, -0.05) is 71.1 Å². The van der Waals surface area contributed by atoms with Crippen LogP contribution in [0.1, 0.15) is 89.5 Å². The van der Waals surface area contributed by atoms with Gasteiger partial charge in [0.2, 0.25) is 5.91 Å². The molecular formula is C21H34N2O3. The second-order valence-electron chi connectivity index (χ2n) is 6.82. The number of carbonyl (C=O) groups excluding carboxylic acids is 1. The third-order valence-corrected chi connectivity index (χ3v) is 4.41. The topological polar surface area (TPSA) is 81.9 Å². The Morgan fingerprint density at radius 3 is 2.12 bits per heavy atom. The summed E-state index contributed by atoms with van der Waals surface area (Å²) in [4.78, 5) is 11.7. The third-order valence-electron chi connectivity index (χ3n) is 4.41. The van der Waals surface area contributed by atoms with Crippen molar-refractivity contribution in [2.24, 2.45) is 5.10 Å². The Balaban J connectivity index is 1.99. The fourth-order valence-electron chi connectivity index (χ4n) is 2.82. The molecule has 0 radical (unpaired) electrons. The van der Waals surface area contributed by atoms with Crippen LogP contribution >= 0.6 is 0 Å². The zero-order valence-corrected chi connectivity index (χ0v) is 16.0. The van der Waals surface area contributed by atoms with Gasteiger partial charge in [-0.05, 0) is 18.6 Å². The van der Waals surface area contributed by atoms with Gasteiger partial charge in [0.05, 0.1) is 6.21 Å². The molecule has 0 saturated heterocycles. The van der Waals surface area contributed by atoms with Crippen LogP contribution in [0.5, 0.6) is 11.5 Å². The van der Waals surface area contributed by atoms with E-state index in [0.717, 1.165) is 12.8 Å². The Morgan fingerprint density at radius 1 is 0.962 bits per heavy atom. The molecule has 0 saturated carbocycles. The number of unbranched alkanes of at least 4 members (excludes halogenated alkanes) is 10. The molecule has 5 nitrogen and oxygen atoms in total. The van der Waals surface area contributed by atoms with Crippen LogP contribution in [0.25, 0.3) is 0 Å². The van der Waals surface area contributed by atoms with Crippen molar-refractivity contribution >= 4 is 12.1 Å². The summed E-state index contributed by atoms with van der Waals surface area (Å²) in [5, 5.41) is 22.7. The van der Waals surface area contributed by atoms with E-state index in [9.17, 15) is 15.0 Å². The van der Waals surface area contributed by atoms with Crippen molar-refractivity contribution in [3.8, 4) is 11.5 Å². The molecule has 0 unspecified atom stereocenters. The molecule has 0 aromatic heterocycles. The summed E-state index contributed by atoms with van der Waals surface area (Å²) in [5.41, 5.74) is 2.91. The van der Waals surface area contributed by atoms with E-state index in [1.807, 2.05) is 0 Å². The maximum absolute atomic E-state index is 11.7. The molecule has 1 aromatic carbocycles. The highest BCUT2D eigenvalue weighted by Gasteiger charge is 2.01. The average molecular weight is 363 g/mol. The van der Waals surface area contributed by atoms with Gasteiger partial charge in [0, 0.05) is 18.1 Å². The number of hydrogen-bond donors (Lipinski definition) is 3. The smallest absolute Gasteiger partial charge is 0.240 e. The van der Waals surface area contributed by atoms with E-state index in [0.29, 0.717) is 12.0 Å². The maximum Gasteiger partial charge on any atom is 0.240 e. The zero-order chi connectivity index (χ0) is 19.0. The predicted octanol–water partition coefficient (Wildman–Crippen LogP) is 5.25. The molecule has 146 valence electrons. The normalized spacial score (nSPS) is 11.1. The number of nitrogens with zero attached hydrogens (tertiary/aromatic N) is 1. The molecule has 0 aliphatic rings. The van der Waals surface area contributed by atoms with E-state index in [1.54, 1.807) is 0 Å². The van der Waals surface area contributed by atoms with Gasteiger partial charge in [-0.15, -0.1) is 0 Å². The van der Waals surface area contributed by atoms with Crippen LogP contribution in [-0.2, 0) is 4.79 Å². The number of phenols is 2. The monoisotopic (exact) mass is 362 g/mol. The van der Waals surface area contributed by atoms with Crippen LogP contribution in [0.15, 0.2) is 23.3 Å². The largest absolute Gasteiger partial charge is 0.508 e. The number of hydrazone groups is 1. The lowest BCUT2D eigenvalue weighted by atomic mass is 10.1. The molecule has 0 spiro atoms. The molecule has 0 bridgehead atoms. The lowest BCUT2D eigenvalue weighted by Gasteiger charge is -2.03. The van der Waals surface area contributed by atoms with Crippen molar-refractivity contribution < 1.29 is 15.0 Å². The molecule has 1 amide bonds. The van der Waals surface area contributed by atoms with Crippen molar-refractivity contribution in [1.82, 2.24) is 5.43 Å². The van der Waals surface area contributed by atoms with Gasteiger partial charge < -0.3 is 10.2 Å². The Morgan fingerprint density at radius 2 is 1.54 bits per heavy atom. The van der Waals surface area contributed by atoms with Crippen LogP contribution in [0.4, 0.5) is 0 Å². The first kappa shape index (κ1) is 22.0. The zero-order valence-electron chi connectivity index (χ0n) is 16.0. The summed E-state index contributed by atoms with van der Waals surface area (Å²) in [6, 6.07) is 4.21. The number of phenolic OH excluding ortho intramolecular Hbond substituents is 2. The van der Waals surface area contributed by atoms with Gasteiger partial charge in [0.25, 0.3) is 0 Å². The Hall–Kier alpha value is -2.04. The second-order valence-corrected chi connectivity index (χ2v) is 6.82. The van der Waals surface area contributed by atoms with E-state index < -0.39 is 0 Å². The maximum atomic E-state index is 11.7. The summed E-state index contributed by atoms with van der Waals surface area (Å²) in [6.07, 6.45) is 15.6. The molecule has 5 heteroatoms. The number of amides is 1. The lowest BCUT2D eigenvalue weighted by Crippen LogP contribution is -2.16. The summed E-state index contributed by atoms with van der Waals surface area (Å²) in [7, 11) is 0. The highest BCUT2D eigenvalue weighted by Crippen LogP contribution is 2.20. The number of carbonyl (C=O) groups is 1. The van der Waals surface area contributed by atoms with Crippen molar-refractivity contribution in [1.29, 1.82) is 0 Å². The van der Waals surface area contributed by atoms with Crippen molar-refractivity contribution in [3.05, 3.63) is 23.8 Å². The number of aromatic hydroxyl groups is 2. The summed E-state index contributed by atoms with van der Waals surface area (Å²) < 4.78 is 0. The third kappa shape index (κ3) is 10.7. The second kappa shape index (κ2) is 14.2. The summed E-state index contributed by atoms with van der Waals surface area (Å²) in [6.45, 7) is 2.24. The van der Waals surface area contributed by atoms with Gasteiger partial charge in [-0.25, -0.2) is 5.43 Å². The average Bonchev–Trinajstić information content (AvgIpc) is 2.61. The van der Waals surface area contributed by atoms with E-state index in [1.165, 1.54) is 82.2 Å². The molecular weight excluding hydrogens is 328 g/mol. The molecule has 1 rings (SSSR count). The van der Waals surface area contributed by atoms with E-state index in [4.69, 9.17) is 0 Å². The van der Waals surface area contributed by atoms with Crippen LogP contribution < -0.4 is 5.43 Å². The highest BCUT2D eigenvalue weighted by atomic mass is 16.3. The number of hydrogen-bond acceptors (Lipinski definition) is 4. The molecule has 3 N–H and O–H groups in total. The van der Waals surface area contributed by atoms with E-state index in [2.05, 4.69) is 17.5 Å². The highest BCUT2D eigenvalue weighted by molar-refractivity contribution is 5.85. The fraction of sp³-hybridized carbons (Fsp3) is 0.619. The number of rotatable bonds is 14. The Kier molecular flexibility index (Phi) is 12.0. The van der Waals surface area contributed by atoms with Crippen LogP contribution in [0.2, 0.25) is 0 Å². The minimum atomic E-state index is -0.115. The Labute approximate surface area is 157 Å². The summed E-state index contributed by atoms with van der Waals surface area (Å²) in [5.74, 6) is -0.205. The Bertz CT molecular complexity index is 544. The number of benzene rings is 1. The fourth-order valence-corrected chi connectivity index (χ4v) is 2.82. The van der Waals surface area contributed by atoms with Crippen LogP contribution in [-0.4, -0.2) is 22.3 Å². The molecule has 1 aromatic rings. The van der Waals surface area contributed by atoms with Crippen LogP contribution in [0.3, 0.4) is 0 Å². The molecule has 0 heterocycles. The molecule has 0 atom stereocenters. The van der Waals surface area contributed by atoms with E-state index in [-0.39, 0.29) is 17.4 Å². The minimum Gasteiger partial charge on any atom is -0.508 e. The van der Waals surface area contributed by atoms with Gasteiger partial charge in [-0.2, -0.15) is 5.10 Å². The summed E-state index contributed by atoms with van der Waals surface area (Å²) >= 11 is 0. The van der Waals surface area contributed by atoms with Gasteiger partial charge in [-0.3, -0.25) is 4.79 Å². The first-order valence-electron chi connectivity index (χ1n) is 9.97. The van der Waals surface area contributed by atoms with Gasteiger partial charge in [0.1, 0.15) is 11.5 Å². The van der Waals surface area contributed by atoms with Gasteiger partial charge in [0.15, 0.2) is 0 Å². The predicted molar refractivity (Wildman–Crippen MR) is 107 cm³/mol. The van der Waals surface area contributed by atoms with Crippen LogP contribution in [0, 0.1) is 0 Å². The number of nitrogens with one attached hydrogen (secondary N) is 1. The van der Waals surface area contributed by atoms with Crippen molar-refractivity contribution in [3.63, 3.8) is 0 Å². The first-order chi connectivity index (χ1) is 12.6. The van der Waals surface area contributed by atoms with Gasteiger partial charge >= 0.3 is 0 Å². The molecule has 0 fully saturated rings. The standard InChI is InChI=1S/C21H34N2O3/c1-2-3-4-5-6-7-8-9-10-11-12-13-21(26)23-22-17-18-14-15-19(24)16-20(18)25/h14-17,24-25H,2-13H2,1H3,(H,23,26)/b22-17+. The quantitative estimate of drug-likeness (QED) is 0.240.